The van der Waals surface area contributed by atoms with Crippen LogP contribution in [0.4, 0.5) is 13.2 Å². The fourth-order valence-electron chi connectivity index (χ4n) is 3.13. The molecule has 0 amide bonds. The van der Waals surface area contributed by atoms with Gasteiger partial charge in [-0.15, -0.1) is 0 Å². The van der Waals surface area contributed by atoms with Gasteiger partial charge in [0.15, 0.2) is 0 Å². The maximum atomic E-state index is 13.2. The van der Waals surface area contributed by atoms with Crippen molar-refractivity contribution in [2.75, 3.05) is 6.61 Å². The predicted octanol–water partition coefficient (Wildman–Crippen LogP) is 2.08. The van der Waals surface area contributed by atoms with Gasteiger partial charge in [0.2, 0.25) is 0 Å². The van der Waals surface area contributed by atoms with Crippen LogP contribution in [0, 0.1) is 18.5 Å². The normalized spacial score (nSPS) is 26.6. The fourth-order valence-corrected chi connectivity index (χ4v) is 3.40. The first-order valence-corrected chi connectivity index (χ1v) is 8.20. The number of alkyl halides is 3. The molecule has 0 aromatic carbocycles. The molecule has 0 bridgehead atoms. The van der Waals surface area contributed by atoms with Crippen LogP contribution in [0.5, 0.6) is 0 Å². The second kappa shape index (κ2) is 6.54. The Balaban J connectivity index is 2.18. The Morgan fingerprint density at radius 3 is 2.42 bits per heavy atom. The van der Waals surface area contributed by atoms with Crippen LogP contribution in [-0.4, -0.2) is 50.2 Å². The number of aromatic amines is 1. The molecule has 2 aromatic heterocycles. The summed E-state index contributed by atoms with van der Waals surface area (Å²) >= 11 is 5.18. The number of nitrogens with one attached hydrogen (secondary N) is 1. The summed E-state index contributed by atoms with van der Waals surface area (Å²) in [5.74, 6) is 0. The minimum absolute atomic E-state index is 0.0115. The van der Waals surface area contributed by atoms with Crippen LogP contribution in [0.15, 0.2) is 6.07 Å². The van der Waals surface area contributed by atoms with Crippen LogP contribution in [0.1, 0.15) is 28.5 Å². The van der Waals surface area contributed by atoms with Crippen molar-refractivity contribution in [2.24, 2.45) is 0 Å². The highest BCUT2D eigenvalue weighted by Crippen LogP contribution is 2.37. The zero-order chi connectivity index (χ0) is 19.4. The molecule has 1 aliphatic heterocycles. The van der Waals surface area contributed by atoms with Crippen molar-refractivity contribution in [3.05, 3.63) is 33.1 Å². The van der Waals surface area contributed by atoms with Gasteiger partial charge in [0.05, 0.1) is 6.61 Å². The van der Waals surface area contributed by atoms with Gasteiger partial charge in [-0.05, 0) is 31.0 Å². The average molecular weight is 390 g/mol. The summed E-state index contributed by atoms with van der Waals surface area (Å²) in [5, 5.41) is 29.7. The smallest absolute Gasteiger partial charge is 0.394 e. The van der Waals surface area contributed by atoms with E-state index in [1.807, 2.05) is 0 Å². The summed E-state index contributed by atoms with van der Waals surface area (Å²) in [7, 11) is 0. The van der Waals surface area contributed by atoms with E-state index in [0.717, 1.165) is 0 Å². The van der Waals surface area contributed by atoms with Gasteiger partial charge < -0.3 is 25.0 Å². The monoisotopic (exact) mass is 390 g/mol. The lowest BCUT2D eigenvalue weighted by Gasteiger charge is -2.18. The highest BCUT2D eigenvalue weighted by atomic mass is 32.1. The van der Waals surface area contributed by atoms with Crippen molar-refractivity contribution < 1.29 is 33.2 Å². The van der Waals surface area contributed by atoms with E-state index in [1.54, 1.807) is 0 Å². The van der Waals surface area contributed by atoms with E-state index < -0.39 is 42.9 Å². The number of halogens is 3. The Bertz CT molecular complexity index is 915. The summed E-state index contributed by atoms with van der Waals surface area (Å²) < 4.78 is 45.0. The first-order valence-electron chi connectivity index (χ1n) is 7.80. The third kappa shape index (κ3) is 3.01. The topological polar surface area (TPSA) is 98.6 Å². The van der Waals surface area contributed by atoms with E-state index in [2.05, 4.69) is 9.97 Å². The van der Waals surface area contributed by atoms with E-state index in [0.29, 0.717) is 16.5 Å². The third-order valence-electron chi connectivity index (χ3n) is 4.71. The number of rotatable bonds is 2. The maximum Gasteiger partial charge on any atom is 0.433 e. The second-order valence-corrected chi connectivity index (χ2v) is 6.69. The molecule has 0 spiro atoms. The summed E-state index contributed by atoms with van der Waals surface area (Å²) in [6, 6.07) is 1.50. The van der Waals surface area contributed by atoms with Crippen LogP contribution in [0.25, 0.3) is 11.0 Å². The summed E-state index contributed by atoms with van der Waals surface area (Å²) in [6.07, 6.45) is -9.22. The van der Waals surface area contributed by atoms with E-state index in [-0.39, 0.29) is 15.9 Å². The standard InChI is InChI=1S/C16H17F3N2O4S/c1-5-6(2)13(16(17,18)19)20-14-7(5)3-8(15(26)21-14)12-11(24)10(23)9(4-22)25-12/h3,9-12,22-24H,4H2,1-2H3,(H,20,21,26)/t9-,10?,11+,12+/m1/s1. The Morgan fingerprint density at radius 1 is 1.23 bits per heavy atom. The molecule has 0 radical (unpaired) electrons. The Morgan fingerprint density at radius 2 is 1.88 bits per heavy atom. The number of pyridine rings is 2. The zero-order valence-electron chi connectivity index (χ0n) is 13.8. The molecule has 142 valence electrons. The van der Waals surface area contributed by atoms with Gasteiger partial charge in [0, 0.05) is 10.9 Å². The summed E-state index contributed by atoms with van der Waals surface area (Å²) in [4.78, 5) is 6.31. The number of H-pyrrole nitrogens is 1. The highest BCUT2D eigenvalue weighted by Gasteiger charge is 2.44. The largest absolute Gasteiger partial charge is 0.433 e. The summed E-state index contributed by atoms with van der Waals surface area (Å²) in [6.45, 7) is 2.37. The molecule has 1 unspecified atom stereocenters. The van der Waals surface area contributed by atoms with E-state index >= 15 is 0 Å². The molecule has 6 nitrogen and oxygen atoms in total. The molecule has 1 aliphatic rings. The fraction of sp³-hybridized carbons (Fsp3) is 0.500. The van der Waals surface area contributed by atoms with Crippen molar-refractivity contribution in [1.82, 2.24) is 9.97 Å². The minimum Gasteiger partial charge on any atom is -0.394 e. The van der Waals surface area contributed by atoms with Gasteiger partial charge in [-0.25, -0.2) is 4.98 Å². The van der Waals surface area contributed by atoms with Crippen LogP contribution in [-0.2, 0) is 10.9 Å². The number of aliphatic hydroxyl groups excluding tert-OH is 3. The Hall–Kier alpha value is -1.59. The van der Waals surface area contributed by atoms with Crippen molar-refractivity contribution in [3.8, 4) is 0 Å². The van der Waals surface area contributed by atoms with Gasteiger partial charge in [-0.2, -0.15) is 13.2 Å². The van der Waals surface area contributed by atoms with Gasteiger partial charge in [-0.3, -0.25) is 0 Å². The van der Waals surface area contributed by atoms with Crippen molar-refractivity contribution >= 4 is 23.3 Å². The zero-order valence-corrected chi connectivity index (χ0v) is 14.6. The number of nitrogens with zero attached hydrogens (tertiary/aromatic N) is 1. The number of fused-ring (bicyclic) bond motifs is 1. The molecular weight excluding hydrogens is 373 g/mol. The Labute approximate surface area is 151 Å². The number of aromatic nitrogens is 2. The molecule has 0 saturated carbocycles. The predicted molar refractivity (Wildman–Crippen MR) is 88.1 cm³/mol. The summed E-state index contributed by atoms with van der Waals surface area (Å²) in [5.41, 5.74) is -0.363. The van der Waals surface area contributed by atoms with Crippen LogP contribution >= 0.6 is 12.2 Å². The van der Waals surface area contributed by atoms with E-state index in [9.17, 15) is 28.5 Å². The van der Waals surface area contributed by atoms with Crippen LogP contribution in [0.3, 0.4) is 0 Å². The lowest BCUT2D eigenvalue weighted by Crippen LogP contribution is -2.32. The van der Waals surface area contributed by atoms with Gasteiger partial charge in [0.1, 0.15) is 40.4 Å². The molecular formula is C16H17F3N2O4S. The first-order chi connectivity index (χ1) is 12.1. The van der Waals surface area contributed by atoms with Crippen molar-refractivity contribution in [1.29, 1.82) is 0 Å². The number of hydrogen-bond acceptors (Lipinski definition) is 6. The quantitative estimate of drug-likeness (QED) is 0.586. The maximum absolute atomic E-state index is 13.2. The molecule has 2 aromatic rings. The Kier molecular flexibility index (Phi) is 4.82. The number of ether oxygens (including phenoxy) is 1. The molecule has 1 saturated heterocycles. The molecule has 1 fully saturated rings. The van der Waals surface area contributed by atoms with Gasteiger partial charge >= 0.3 is 6.18 Å². The van der Waals surface area contributed by atoms with Crippen LogP contribution in [0.2, 0.25) is 0 Å². The molecule has 4 N–H and O–H groups in total. The highest BCUT2D eigenvalue weighted by molar-refractivity contribution is 7.71. The van der Waals surface area contributed by atoms with Crippen molar-refractivity contribution in [3.63, 3.8) is 0 Å². The minimum atomic E-state index is -4.60. The lowest BCUT2D eigenvalue weighted by atomic mass is 9.99. The number of aryl methyl sites for hydroxylation is 1. The van der Waals surface area contributed by atoms with Gasteiger partial charge in [-0.1, -0.05) is 12.2 Å². The first kappa shape index (κ1) is 19.2. The molecule has 4 atom stereocenters. The molecule has 10 heteroatoms. The SMILES string of the molecule is Cc1c(C(F)(F)F)nc2[nH]c(=S)c([C@@H]3O[C@H](CO)C(O)[C@@H]3O)cc2c1C. The molecule has 3 heterocycles. The lowest BCUT2D eigenvalue weighted by molar-refractivity contribution is -0.141. The number of aliphatic hydroxyl groups is 3. The number of hydrogen-bond donors (Lipinski definition) is 4. The average Bonchev–Trinajstić information content (AvgIpc) is 2.84. The van der Waals surface area contributed by atoms with Crippen molar-refractivity contribution in [2.45, 2.75) is 44.4 Å². The van der Waals surface area contributed by atoms with Crippen LogP contribution < -0.4 is 0 Å². The third-order valence-corrected chi connectivity index (χ3v) is 5.05. The molecule has 3 rings (SSSR count). The molecule has 26 heavy (non-hydrogen) atoms. The van der Waals surface area contributed by atoms with E-state index in [1.165, 1.54) is 19.9 Å². The van der Waals surface area contributed by atoms with E-state index in [4.69, 9.17) is 17.0 Å². The molecule has 0 aliphatic carbocycles. The second-order valence-electron chi connectivity index (χ2n) is 6.28. The van der Waals surface area contributed by atoms with Gasteiger partial charge in [0.25, 0.3) is 0 Å².